The normalized spacial score (nSPS) is 11.1. The van der Waals surface area contributed by atoms with Crippen LogP contribution in [0.2, 0.25) is 5.02 Å². The maximum atomic E-state index is 13.2. The molecule has 0 spiro atoms. The lowest BCUT2D eigenvalue weighted by Crippen LogP contribution is -2.24. The van der Waals surface area contributed by atoms with E-state index in [4.69, 9.17) is 11.6 Å². The lowest BCUT2D eigenvalue weighted by atomic mass is 10.3. The number of nitrogens with one attached hydrogen (secondary N) is 1. The molecule has 2 aromatic heterocycles. The highest BCUT2D eigenvalue weighted by Gasteiger charge is 2.15. The van der Waals surface area contributed by atoms with Gasteiger partial charge < -0.3 is 5.32 Å². The first-order valence-corrected chi connectivity index (χ1v) is 10.1. The van der Waals surface area contributed by atoms with E-state index >= 15 is 0 Å². The number of thioether (sulfide) groups is 1. The molecule has 1 aromatic carbocycles. The maximum Gasteiger partial charge on any atom is 0.282 e. The summed E-state index contributed by atoms with van der Waals surface area (Å²) >= 11 is 6.89. The summed E-state index contributed by atoms with van der Waals surface area (Å²) in [4.78, 5) is 29.5. The first-order chi connectivity index (χ1) is 13.4. The lowest BCUT2D eigenvalue weighted by molar-refractivity contribution is -0.113. The van der Waals surface area contributed by atoms with Crippen LogP contribution in [0.4, 0.5) is 10.1 Å². The molecule has 10 heteroatoms. The van der Waals surface area contributed by atoms with Crippen molar-refractivity contribution in [2.75, 3.05) is 11.1 Å². The number of fused-ring (bicyclic) bond motifs is 1. The van der Waals surface area contributed by atoms with Gasteiger partial charge in [-0.25, -0.2) is 9.37 Å². The Morgan fingerprint density at radius 1 is 1.39 bits per heavy atom. The number of carbonyl (C=O) groups is 1. The van der Waals surface area contributed by atoms with Gasteiger partial charge in [0.2, 0.25) is 5.91 Å². The number of benzene rings is 1. The van der Waals surface area contributed by atoms with Crippen molar-refractivity contribution >= 4 is 46.0 Å². The fourth-order valence-corrected chi connectivity index (χ4v) is 3.62. The zero-order valence-electron chi connectivity index (χ0n) is 15.4. The first-order valence-electron chi connectivity index (χ1n) is 8.71. The quantitative estimate of drug-likeness (QED) is 0.465. The number of halogens is 2. The van der Waals surface area contributed by atoms with Crippen molar-refractivity contribution in [3.63, 3.8) is 0 Å². The van der Waals surface area contributed by atoms with E-state index in [-0.39, 0.29) is 22.2 Å². The van der Waals surface area contributed by atoms with Gasteiger partial charge in [0.1, 0.15) is 11.3 Å². The van der Waals surface area contributed by atoms with Crippen LogP contribution < -0.4 is 10.9 Å². The van der Waals surface area contributed by atoms with Crippen LogP contribution >= 0.6 is 23.4 Å². The fourth-order valence-electron chi connectivity index (χ4n) is 2.61. The second-order valence-electron chi connectivity index (χ2n) is 6.21. The molecule has 0 saturated heterocycles. The molecule has 2 heterocycles. The molecule has 0 aliphatic rings. The third-order valence-corrected chi connectivity index (χ3v) is 5.24. The molecular weight excluding hydrogens is 405 g/mol. The fraction of sp³-hybridized carbons (Fsp3) is 0.333. The molecule has 0 saturated carbocycles. The van der Waals surface area contributed by atoms with Crippen LogP contribution in [0.15, 0.2) is 34.3 Å². The standard InChI is InChI=1S/C18H19ClFN5O2S/c1-3-4-7-25-17(27)16-14(9-24(2)23-16)22-18(25)28-10-15(26)21-11-5-6-13(20)12(19)8-11/h5-6,8-9H,3-4,7,10H2,1-2H3,(H,21,26). The number of aryl methyl sites for hydroxylation is 1. The van der Waals surface area contributed by atoms with Crippen molar-refractivity contribution in [1.29, 1.82) is 0 Å². The molecular formula is C18H19ClFN5O2S. The Morgan fingerprint density at radius 3 is 2.89 bits per heavy atom. The van der Waals surface area contributed by atoms with E-state index in [1.807, 2.05) is 6.92 Å². The Balaban J connectivity index is 1.79. The summed E-state index contributed by atoms with van der Waals surface area (Å²) in [6.07, 6.45) is 3.40. The predicted molar refractivity (Wildman–Crippen MR) is 108 cm³/mol. The first kappa shape index (κ1) is 20.3. The largest absolute Gasteiger partial charge is 0.325 e. The van der Waals surface area contributed by atoms with E-state index in [1.54, 1.807) is 22.5 Å². The number of rotatable bonds is 7. The number of nitrogens with zero attached hydrogens (tertiary/aromatic N) is 4. The Hall–Kier alpha value is -2.39. The van der Waals surface area contributed by atoms with E-state index < -0.39 is 5.82 Å². The molecule has 0 fully saturated rings. The van der Waals surface area contributed by atoms with Gasteiger partial charge in [0, 0.05) is 19.3 Å². The van der Waals surface area contributed by atoms with Gasteiger partial charge in [0.25, 0.3) is 5.56 Å². The summed E-state index contributed by atoms with van der Waals surface area (Å²) in [6, 6.07) is 3.96. The van der Waals surface area contributed by atoms with Crippen molar-refractivity contribution < 1.29 is 9.18 Å². The van der Waals surface area contributed by atoms with Crippen LogP contribution in [0.25, 0.3) is 11.0 Å². The van der Waals surface area contributed by atoms with E-state index in [1.165, 1.54) is 30.0 Å². The number of hydrogen-bond acceptors (Lipinski definition) is 5. The smallest absolute Gasteiger partial charge is 0.282 e. The van der Waals surface area contributed by atoms with Crippen molar-refractivity contribution in [1.82, 2.24) is 19.3 Å². The Labute approximate surface area is 169 Å². The summed E-state index contributed by atoms with van der Waals surface area (Å²) in [5.41, 5.74) is 0.991. The van der Waals surface area contributed by atoms with Crippen molar-refractivity contribution in [2.45, 2.75) is 31.5 Å². The number of amides is 1. The van der Waals surface area contributed by atoms with Crippen LogP contribution in [0.5, 0.6) is 0 Å². The highest BCUT2D eigenvalue weighted by atomic mass is 35.5. The minimum absolute atomic E-state index is 0.0410. The second-order valence-corrected chi connectivity index (χ2v) is 7.56. The summed E-state index contributed by atoms with van der Waals surface area (Å²) in [6.45, 7) is 2.54. The number of unbranched alkanes of at least 4 members (excludes halogenated alkanes) is 1. The minimum Gasteiger partial charge on any atom is -0.325 e. The molecule has 28 heavy (non-hydrogen) atoms. The van der Waals surface area contributed by atoms with Gasteiger partial charge >= 0.3 is 0 Å². The van der Waals surface area contributed by atoms with Crippen LogP contribution in [0.1, 0.15) is 19.8 Å². The van der Waals surface area contributed by atoms with Gasteiger partial charge in [-0.15, -0.1) is 0 Å². The zero-order valence-corrected chi connectivity index (χ0v) is 17.0. The van der Waals surface area contributed by atoms with E-state index in [2.05, 4.69) is 15.4 Å². The number of anilines is 1. The van der Waals surface area contributed by atoms with Crippen LogP contribution in [-0.2, 0) is 18.4 Å². The molecule has 0 aliphatic heterocycles. The van der Waals surface area contributed by atoms with Gasteiger partial charge in [-0.2, -0.15) is 5.10 Å². The molecule has 0 bridgehead atoms. The SMILES string of the molecule is CCCCn1c(SCC(=O)Nc2ccc(F)c(Cl)c2)nc2cn(C)nc2c1=O. The summed E-state index contributed by atoms with van der Waals surface area (Å²) in [5, 5.41) is 7.23. The monoisotopic (exact) mass is 423 g/mol. The average molecular weight is 424 g/mol. The number of hydrogen-bond donors (Lipinski definition) is 1. The van der Waals surface area contributed by atoms with E-state index in [9.17, 15) is 14.0 Å². The molecule has 0 aliphatic carbocycles. The highest BCUT2D eigenvalue weighted by Crippen LogP contribution is 2.21. The van der Waals surface area contributed by atoms with Crippen molar-refractivity contribution in [3.05, 3.63) is 45.6 Å². The van der Waals surface area contributed by atoms with Gasteiger partial charge in [-0.1, -0.05) is 36.7 Å². The maximum absolute atomic E-state index is 13.2. The number of carbonyl (C=O) groups excluding carboxylic acids is 1. The molecule has 148 valence electrons. The van der Waals surface area contributed by atoms with Crippen LogP contribution in [-0.4, -0.2) is 31.0 Å². The Kier molecular flexibility index (Phi) is 6.35. The van der Waals surface area contributed by atoms with Gasteiger partial charge in [0.05, 0.1) is 17.0 Å². The molecule has 1 amide bonds. The number of aromatic nitrogens is 4. The highest BCUT2D eigenvalue weighted by molar-refractivity contribution is 7.99. The van der Waals surface area contributed by atoms with Gasteiger partial charge in [-0.3, -0.25) is 18.8 Å². The molecule has 3 aromatic rings. The van der Waals surface area contributed by atoms with Crippen molar-refractivity contribution in [3.8, 4) is 0 Å². The van der Waals surface area contributed by atoms with Crippen LogP contribution in [0.3, 0.4) is 0 Å². The lowest BCUT2D eigenvalue weighted by Gasteiger charge is -2.11. The van der Waals surface area contributed by atoms with Gasteiger partial charge in [-0.05, 0) is 24.6 Å². The Morgan fingerprint density at radius 2 is 2.18 bits per heavy atom. The Bertz CT molecular complexity index is 1080. The predicted octanol–water partition coefficient (Wildman–Crippen LogP) is 3.45. The zero-order chi connectivity index (χ0) is 20.3. The summed E-state index contributed by atoms with van der Waals surface area (Å²) < 4.78 is 16.3. The molecule has 1 N–H and O–H groups in total. The third kappa shape index (κ3) is 4.53. The van der Waals surface area contributed by atoms with E-state index in [0.717, 1.165) is 12.8 Å². The molecule has 0 unspecified atom stereocenters. The average Bonchev–Trinajstić information content (AvgIpc) is 3.03. The molecule has 0 radical (unpaired) electrons. The van der Waals surface area contributed by atoms with Crippen LogP contribution in [0, 0.1) is 5.82 Å². The minimum atomic E-state index is -0.553. The summed E-state index contributed by atoms with van der Waals surface area (Å²) in [5.74, 6) is -0.822. The molecule has 3 rings (SSSR count). The van der Waals surface area contributed by atoms with Gasteiger partial charge in [0.15, 0.2) is 10.7 Å². The third-order valence-electron chi connectivity index (χ3n) is 3.98. The topological polar surface area (TPSA) is 81.8 Å². The van der Waals surface area contributed by atoms with Crippen molar-refractivity contribution in [2.24, 2.45) is 7.05 Å². The van der Waals surface area contributed by atoms with E-state index in [0.29, 0.717) is 28.4 Å². The summed E-state index contributed by atoms with van der Waals surface area (Å²) in [7, 11) is 1.73. The molecule has 0 atom stereocenters. The second kappa shape index (κ2) is 8.74. The molecule has 7 nitrogen and oxygen atoms in total.